The van der Waals surface area contributed by atoms with Crippen LogP contribution in [-0.4, -0.2) is 25.6 Å². The predicted octanol–water partition coefficient (Wildman–Crippen LogP) is 1.99. The van der Waals surface area contributed by atoms with Crippen LogP contribution in [0, 0.1) is 0 Å². The van der Waals surface area contributed by atoms with Crippen LogP contribution in [0.4, 0.5) is 0 Å². The lowest BCUT2D eigenvalue weighted by Crippen LogP contribution is -2.41. The molecular formula is C25H20N2O7S2. The van der Waals surface area contributed by atoms with Gasteiger partial charge in [-0.15, -0.1) is 11.3 Å². The van der Waals surface area contributed by atoms with Crippen molar-refractivity contribution in [3.63, 3.8) is 0 Å². The summed E-state index contributed by atoms with van der Waals surface area (Å²) in [5.41, 5.74) is 5.81. The summed E-state index contributed by atoms with van der Waals surface area (Å²) in [7, 11) is -4.29. The summed E-state index contributed by atoms with van der Waals surface area (Å²) in [5.74, 6) is -1.76. The molecule has 1 atom stereocenters. The Morgan fingerprint density at radius 2 is 1.83 bits per heavy atom. The fourth-order valence-electron chi connectivity index (χ4n) is 4.06. The molecule has 11 heteroatoms. The quantitative estimate of drug-likeness (QED) is 0.379. The van der Waals surface area contributed by atoms with Crippen molar-refractivity contribution in [3.05, 3.63) is 103 Å². The third-order valence-electron chi connectivity index (χ3n) is 5.58. The molecule has 36 heavy (non-hydrogen) atoms. The van der Waals surface area contributed by atoms with Gasteiger partial charge in [-0.2, -0.15) is 0 Å². The first-order valence-electron chi connectivity index (χ1n) is 10.9. The molecule has 0 radical (unpaired) electrons. The van der Waals surface area contributed by atoms with Crippen LogP contribution in [0.25, 0.3) is 17.5 Å². The summed E-state index contributed by atoms with van der Waals surface area (Å²) in [6.07, 6.45) is 4.33. The van der Waals surface area contributed by atoms with Crippen LogP contribution in [-0.2, 0) is 19.4 Å². The average molecular weight is 525 g/mol. The van der Waals surface area contributed by atoms with Crippen molar-refractivity contribution < 1.29 is 26.8 Å². The molecule has 0 unspecified atom stereocenters. The minimum absolute atomic E-state index is 0.0359. The van der Waals surface area contributed by atoms with Crippen LogP contribution in [0.15, 0.2) is 90.6 Å². The maximum absolute atomic E-state index is 13.9. The zero-order chi connectivity index (χ0) is 25.4. The van der Waals surface area contributed by atoms with Crippen molar-refractivity contribution >= 4 is 44.6 Å². The molecule has 2 N–H and O–H groups in total. The van der Waals surface area contributed by atoms with E-state index in [0.717, 1.165) is 15.9 Å². The normalized spacial score (nSPS) is 16.3. The first-order valence-corrected chi connectivity index (χ1v) is 13.2. The number of rotatable bonds is 6. The molecule has 0 amide bonds. The van der Waals surface area contributed by atoms with E-state index in [9.17, 15) is 18.0 Å². The molecule has 4 aromatic rings. The largest absolute Gasteiger partial charge is 0.468 e. The number of nitrogens with two attached hydrogens (primary N) is 1. The molecule has 4 heterocycles. The van der Waals surface area contributed by atoms with E-state index >= 15 is 0 Å². The van der Waals surface area contributed by atoms with E-state index in [1.165, 1.54) is 30.7 Å². The number of fused-ring (bicyclic) bond motifs is 1. The number of esters is 1. The maximum Gasteiger partial charge on any atom is 0.338 e. The molecule has 5 rings (SSSR count). The molecule has 1 aromatic carbocycles. The summed E-state index contributed by atoms with van der Waals surface area (Å²) >= 11 is 0.982. The number of ether oxygens (including phenoxy) is 1. The summed E-state index contributed by atoms with van der Waals surface area (Å²) in [6.45, 7) is 1.67. The van der Waals surface area contributed by atoms with Crippen LogP contribution in [0.1, 0.15) is 24.4 Å². The second-order valence-corrected chi connectivity index (χ2v) is 10.7. The van der Waals surface area contributed by atoms with Gasteiger partial charge in [-0.3, -0.25) is 9.36 Å². The van der Waals surface area contributed by atoms with Crippen LogP contribution in [0.5, 0.6) is 0 Å². The van der Waals surface area contributed by atoms with Crippen molar-refractivity contribution in [3.8, 4) is 0 Å². The standard InChI is InChI=1S/C25H20N2O7S2/c1-2-32-25(29)20-19(17-11-7-13-34-17)21(36(30,31)16-9-4-3-5-10-16)22(26)27-23(28)18(35-24(20)27)14-15-8-6-12-33-15/h3-14,19H,2,26H2,1H3/b18-14-/t19-/m1/s1. The average Bonchev–Trinajstić information content (AvgIpc) is 3.63. The van der Waals surface area contributed by atoms with Gasteiger partial charge in [-0.1, -0.05) is 18.2 Å². The molecule has 184 valence electrons. The Hall–Kier alpha value is -4.09. The molecule has 0 fully saturated rings. The van der Waals surface area contributed by atoms with Crippen LogP contribution in [0.2, 0.25) is 0 Å². The van der Waals surface area contributed by atoms with E-state index in [-0.39, 0.29) is 42.8 Å². The lowest BCUT2D eigenvalue weighted by molar-refractivity contribution is -0.136. The van der Waals surface area contributed by atoms with Gasteiger partial charge < -0.3 is 19.3 Å². The fraction of sp³-hybridized carbons (Fsp3) is 0.120. The molecule has 9 nitrogen and oxygen atoms in total. The van der Waals surface area contributed by atoms with E-state index in [1.807, 2.05) is 0 Å². The highest BCUT2D eigenvalue weighted by molar-refractivity contribution is 7.95. The maximum atomic E-state index is 13.9. The zero-order valence-electron chi connectivity index (χ0n) is 18.9. The van der Waals surface area contributed by atoms with Gasteiger partial charge in [0.1, 0.15) is 26.9 Å². The summed E-state index contributed by atoms with van der Waals surface area (Å²) < 4.78 is 45.5. The molecule has 0 bridgehead atoms. The second kappa shape index (κ2) is 9.17. The molecule has 0 saturated carbocycles. The molecule has 0 saturated heterocycles. The number of sulfone groups is 1. The van der Waals surface area contributed by atoms with Crippen LogP contribution < -0.4 is 20.5 Å². The minimum atomic E-state index is -4.29. The third-order valence-corrected chi connectivity index (χ3v) is 8.61. The lowest BCUT2D eigenvalue weighted by Gasteiger charge is -2.26. The van der Waals surface area contributed by atoms with Gasteiger partial charge in [-0.05, 0) is 43.3 Å². The topological polar surface area (TPSA) is 135 Å². The first kappa shape index (κ1) is 23.6. The van der Waals surface area contributed by atoms with E-state index in [4.69, 9.17) is 19.3 Å². The Labute approximate surface area is 209 Å². The molecular weight excluding hydrogens is 504 g/mol. The van der Waals surface area contributed by atoms with Gasteiger partial charge in [0.25, 0.3) is 5.56 Å². The predicted molar refractivity (Wildman–Crippen MR) is 133 cm³/mol. The molecule has 1 aliphatic heterocycles. The van der Waals surface area contributed by atoms with Crippen molar-refractivity contribution in [1.29, 1.82) is 0 Å². The Bertz CT molecular complexity index is 1740. The molecule has 3 aromatic heterocycles. The lowest BCUT2D eigenvalue weighted by atomic mass is 9.94. The van der Waals surface area contributed by atoms with Crippen molar-refractivity contribution in [2.24, 2.45) is 5.73 Å². The number of aromatic nitrogens is 1. The number of thiazole rings is 1. The number of hydrogen-bond donors (Lipinski definition) is 1. The summed E-state index contributed by atoms with van der Waals surface area (Å²) in [4.78, 5) is 26.4. The Morgan fingerprint density at radius 3 is 2.47 bits per heavy atom. The molecule has 1 aliphatic rings. The third kappa shape index (κ3) is 3.82. The van der Waals surface area contributed by atoms with Crippen molar-refractivity contribution in [2.45, 2.75) is 17.7 Å². The second-order valence-electron chi connectivity index (χ2n) is 7.72. The number of nitrogens with zero attached hydrogens (tertiary/aromatic N) is 1. The molecule has 0 aliphatic carbocycles. The smallest absolute Gasteiger partial charge is 0.338 e. The molecule has 0 spiro atoms. The van der Waals surface area contributed by atoms with E-state index < -0.39 is 27.3 Å². The summed E-state index contributed by atoms with van der Waals surface area (Å²) in [6, 6.07) is 14.1. The number of furan rings is 2. The Balaban J connectivity index is 1.92. The van der Waals surface area contributed by atoms with Gasteiger partial charge >= 0.3 is 5.97 Å². The number of carbonyl (C=O) groups excluding carboxylic acids is 1. The van der Waals surface area contributed by atoms with E-state index in [0.29, 0.717) is 5.76 Å². The fourth-order valence-corrected chi connectivity index (χ4v) is 6.88. The number of hydrogen-bond acceptors (Lipinski definition) is 9. The van der Waals surface area contributed by atoms with Crippen LogP contribution >= 0.6 is 11.3 Å². The first-order chi connectivity index (χ1) is 17.3. The van der Waals surface area contributed by atoms with E-state index in [2.05, 4.69) is 0 Å². The highest BCUT2D eigenvalue weighted by Crippen LogP contribution is 2.42. The van der Waals surface area contributed by atoms with Crippen molar-refractivity contribution in [1.82, 2.24) is 4.57 Å². The van der Waals surface area contributed by atoms with Gasteiger partial charge in [-0.25, -0.2) is 13.2 Å². The Morgan fingerprint density at radius 1 is 1.11 bits per heavy atom. The highest BCUT2D eigenvalue weighted by Gasteiger charge is 2.43. The van der Waals surface area contributed by atoms with Gasteiger partial charge in [0.15, 0.2) is 0 Å². The minimum Gasteiger partial charge on any atom is -0.468 e. The number of allylic oxidation sites excluding steroid dienone is 1. The van der Waals surface area contributed by atoms with Crippen LogP contribution in [0.3, 0.4) is 0 Å². The van der Waals surface area contributed by atoms with Gasteiger partial charge in [0, 0.05) is 6.08 Å². The van der Waals surface area contributed by atoms with Crippen molar-refractivity contribution in [2.75, 3.05) is 6.61 Å². The number of carbonyl (C=O) groups is 1. The highest BCUT2D eigenvalue weighted by atomic mass is 32.2. The zero-order valence-corrected chi connectivity index (χ0v) is 20.5. The number of benzene rings is 1. The Kier molecular flexibility index (Phi) is 6.02. The monoisotopic (exact) mass is 524 g/mol. The van der Waals surface area contributed by atoms with Gasteiger partial charge in [0.05, 0.1) is 40.1 Å². The van der Waals surface area contributed by atoms with E-state index in [1.54, 1.807) is 49.4 Å². The SMILES string of the molecule is CCOC(=O)C1=c2s/c(=C\c3ccco3)c(=O)n2C(N)=C(S(=O)(=O)c2ccccc2)[C@@H]1c1ccco1. The summed E-state index contributed by atoms with van der Waals surface area (Å²) in [5, 5.41) is 0. The van der Waals surface area contributed by atoms with Gasteiger partial charge in [0.2, 0.25) is 9.84 Å².